The number of hydrogen-bond donors (Lipinski definition) is 1. The molecule has 0 bridgehead atoms. The second-order valence-corrected chi connectivity index (χ2v) is 4.15. The number of anilines is 2. The van der Waals surface area contributed by atoms with Crippen LogP contribution in [0.15, 0.2) is 12.4 Å². The molecule has 1 aliphatic heterocycles. The first kappa shape index (κ1) is 13.0. The lowest BCUT2D eigenvalue weighted by atomic mass is 10.3. The third-order valence-corrected chi connectivity index (χ3v) is 2.81. The molecule has 1 aromatic rings. The van der Waals surface area contributed by atoms with Gasteiger partial charge in [-0.2, -0.15) is 0 Å². The van der Waals surface area contributed by atoms with E-state index in [0.29, 0.717) is 13.2 Å². The number of morpholine rings is 1. The second kappa shape index (κ2) is 6.51. The molecule has 2 rings (SSSR count). The highest BCUT2D eigenvalue weighted by atomic mass is 16.5. The summed E-state index contributed by atoms with van der Waals surface area (Å²) < 4.78 is 10.8. The molecular weight excluding hydrogens is 232 g/mol. The first-order valence-corrected chi connectivity index (χ1v) is 6.25. The Morgan fingerprint density at radius 2 is 2.33 bits per heavy atom. The van der Waals surface area contributed by atoms with Crippen molar-refractivity contribution in [2.75, 3.05) is 50.2 Å². The summed E-state index contributed by atoms with van der Waals surface area (Å²) in [6.45, 7) is 5.79. The molecule has 2 heterocycles. The van der Waals surface area contributed by atoms with E-state index in [0.717, 1.165) is 31.3 Å². The predicted octanol–water partition coefficient (Wildman–Crippen LogP) is 0.760. The van der Waals surface area contributed by atoms with Gasteiger partial charge in [0, 0.05) is 39.1 Å². The van der Waals surface area contributed by atoms with Crippen LogP contribution < -0.4 is 10.2 Å². The maximum Gasteiger partial charge on any atom is 0.171 e. The van der Waals surface area contributed by atoms with Crippen molar-refractivity contribution in [1.82, 2.24) is 9.97 Å². The first-order chi connectivity index (χ1) is 8.85. The van der Waals surface area contributed by atoms with Crippen LogP contribution in [0.5, 0.6) is 0 Å². The highest BCUT2D eigenvalue weighted by Gasteiger charge is 2.23. The first-order valence-electron chi connectivity index (χ1n) is 6.25. The Hall–Kier alpha value is -1.40. The van der Waals surface area contributed by atoms with Gasteiger partial charge in [0.25, 0.3) is 0 Å². The molecule has 0 aliphatic carbocycles. The van der Waals surface area contributed by atoms with Crippen LogP contribution in [0.2, 0.25) is 0 Å². The Bertz CT molecular complexity index is 373. The molecule has 0 saturated carbocycles. The fourth-order valence-corrected chi connectivity index (χ4v) is 2.05. The monoisotopic (exact) mass is 252 g/mol. The summed E-state index contributed by atoms with van der Waals surface area (Å²) in [6, 6.07) is 0. The van der Waals surface area contributed by atoms with Crippen LogP contribution in [0.3, 0.4) is 0 Å². The van der Waals surface area contributed by atoms with Gasteiger partial charge in [-0.15, -0.1) is 0 Å². The van der Waals surface area contributed by atoms with E-state index in [1.54, 1.807) is 19.5 Å². The number of nitrogens with zero attached hydrogens (tertiary/aromatic N) is 3. The molecule has 0 amide bonds. The van der Waals surface area contributed by atoms with E-state index in [4.69, 9.17) is 9.47 Å². The van der Waals surface area contributed by atoms with Crippen molar-refractivity contribution in [3.8, 4) is 0 Å². The number of aromatic nitrogens is 2. The van der Waals surface area contributed by atoms with Crippen LogP contribution in [0, 0.1) is 0 Å². The van der Waals surface area contributed by atoms with Crippen molar-refractivity contribution in [2.45, 2.75) is 13.0 Å². The minimum Gasteiger partial charge on any atom is -0.382 e. The molecule has 0 aromatic carbocycles. The molecule has 1 N–H and O–H groups in total. The number of ether oxygens (including phenoxy) is 2. The highest BCUT2D eigenvalue weighted by Crippen LogP contribution is 2.22. The van der Waals surface area contributed by atoms with Crippen molar-refractivity contribution >= 4 is 11.6 Å². The molecule has 0 spiro atoms. The zero-order valence-electron chi connectivity index (χ0n) is 10.9. The molecule has 1 aliphatic rings. The van der Waals surface area contributed by atoms with E-state index in [1.807, 2.05) is 6.92 Å². The average molecular weight is 252 g/mol. The third-order valence-electron chi connectivity index (χ3n) is 2.81. The molecule has 100 valence electrons. The summed E-state index contributed by atoms with van der Waals surface area (Å²) in [4.78, 5) is 10.9. The second-order valence-electron chi connectivity index (χ2n) is 4.15. The minimum absolute atomic E-state index is 0.0974. The molecule has 1 atom stereocenters. The molecule has 18 heavy (non-hydrogen) atoms. The number of hydrogen-bond acceptors (Lipinski definition) is 6. The number of rotatable bonds is 5. The lowest BCUT2D eigenvalue weighted by Gasteiger charge is -2.33. The SMILES string of the molecule is CCNc1nccnc1N1CCO[C@H](COC)C1. The van der Waals surface area contributed by atoms with Crippen LogP contribution in [-0.2, 0) is 9.47 Å². The van der Waals surface area contributed by atoms with Gasteiger partial charge in [0.2, 0.25) is 0 Å². The van der Waals surface area contributed by atoms with Gasteiger partial charge in [-0.25, -0.2) is 9.97 Å². The Balaban J connectivity index is 2.10. The van der Waals surface area contributed by atoms with Gasteiger partial charge in [0.15, 0.2) is 11.6 Å². The smallest absolute Gasteiger partial charge is 0.171 e. The van der Waals surface area contributed by atoms with Crippen molar-refractivity contribution in [2.24, 2.45) is 0 Å². The summed E-state index contributed by atoms with van der Waals surface area (Å²) >= 11 is 0. The molecule has 1 saturated heterocycles. The van der Waals surface area contributed by atoms with Crippen LogP contribution in [0.1, 0.15) is 6.92 Å². The molecular formula is C12H20N4O2. The topological polar surface area (TPSA) is 59.5 Å². The summed E-state index contributed by atoms with van der Waals surface area (Å²) in [5, 5.41) is 3.23. The Kier molecular flexibility index (Phi) is 4.72. The van der Waals surface area contributed by atoms with Crippen LogP contribution in [0.25, 0.3) is 0 Å². The minimum atomic E-state index is 0.0974. The van der Waals surface area contributed by atoms with Crippen LogP contribution >= 0.6 is 0 Å². The Morgan fingerprint density at radius 1 is 1.50 bits per heavy atom. The molecule has 1 aromatic heterocycles. The molecule has 1 fully saturated rings. The summed E-state index contributed by atoms with van der Waals surface area (Å²) in [5.41, 5.74) is 0. The van der Waals surface area contributed by atoms with E-state index in [1.165, 1.54) is 0 Å². The van der Waals surface area contributed by atoms with Crippen LogP contribution in [-0.4, -0.2) is 56.0 Å². The van der Waals surface area contributed by atoms with Gasteiger partial charge in [0.05, 0.1) is 19.3 Å². The number of methoxy groups -OCH3 is 1. The van der Waals surface area contributed by atoms with Gasteiger partial charge in [0.1, 0.15) is 0 Å². The molecule has 0 radical (unpaired) electrons. The van der Waals surface area contributed by atoms with E-state index < -0.39 is 0 Å². The van der Waals surface area contributed by atoms with Crippen molar-refractivity contribution in [3.05, 3.63) is 12.4 Å². The van der Waals surface area contributed by atoms with E-state index in [-0.39, 0.29) is 6.10 Å². The summed E-state index contributed by atoms with van der Waals surface area (Å²) in [5.74, 6) is 1.72. The lowest BCUT2D eigenvalue weighted by molar-refractivity contribution is -0.0102. The van der Waals surface area contributed by atoms with Crippen LogP contribution in [0.4, 0.5) is 11.6 Å². The lowest BCUT2D eigenvalue weighted by Crippen LogP contribution is -2.45. The normalized spacial score (nSPS) is 19.9. The quantitative estimate of drug-likeness (QED) is 0.835. The van der Waals surface area contributed by atoms with Gasteiger partial charge < -0.3 is 19.7 Å². The zero-order chi connectivity index (χ0) is 12.8. The largest absolute Gasteiger partial charge is 0.382 e. The molecule has 0 unspecified atom stereocenters. The van der Waals surface area contributed by atoms with E-state index in [2.05, 4.69) is 20.2 Å². The van der Waals surface area contributed by atoms with E-state index in [9.17, 15) is 0 Å². The summed E-state index contributed by atoms with van der Waals surface area (Å²) in [6.07, 6.45) is 3.52. The molecule has 6 heteroatoms. The standard InChI is InChI=1S/C12H20N4O2/c1-3-13-11-12(15-5-4-14-11)16-6-7-18-10(8-16)9-17-2/h4-5,10H,3,6-9H2,1-2H3,(H,13,14)/t10-/m0/s1. The fraction of sp³-hybridized carbons (Fsp3) is 0.667. The van der Waals surface area contributed by atoms with Gasteiger partial charge in [-0.05, 0) is 6.92 Å². The van der Waals surface area contributed by atoms with E-state index >= 15 is 0 Å². The third kappa shape index (κ3) is 3.08. The predicted molar refractivity (Wildman–Crippen MR) is 70.0 cm³/mol. The Labute approximate surface area is 107 Å². The van der Waals surface area contributed by atoms with Crippen molar-refractivity contribution < 1.29 is 9.47 Å². The average Bonchev–Trinajstić information content (AvgIpc) is 2.40. The van der Waals surface area contributed by atoms with Gasteiger partial charge >= 0.3 is 0 Å². The summed E-state index contributed by atoms with van der Waals surface area (Å²) in [7, 11) is 1.69. The van der Waals surface area contributed by atoms with Gasteiger partial charge in [-0.1, -0.05) is 0 Å². The number of nitrogens with one attached hydrogen (secondary N) is 1. The Morgan fingerprint density at radius 3 is 3.11 bits per heavy atom. The molecule has 6 nitrogen and oxygen atoms in total. The maximum absolute atomic E-state index is 5.63. The van der Waals surface area contributed by atoms with Crippen molar-refractivity contribution in [1.29, 1.82) is 0 Å². The maximum atomic E-state index is 5.63. The highest BCUT2D eigenvalue weighted by molar-refractivity contribution is 5.60. The fourth-order valence-electron chi connectivity index (χ4n) is 2.05. The van der Waals surface area contributed by atoms with Crippen molar-refractivity contribution in [3.63, 3.8) is 0 Å². The van der Waals surface area contributed by atoms with Gasteiger partial charge in [-0.3, -0.25) is 0 Å². The zero-order valence-corrected chi connectivity index (χ0v) is 10.9.